The summed E-state index contributed by atoms with van der Waals surface area (Å²) in [6.45, 7) is 4.22. The molecule has 4 aliphatic rings. The van der Waals surface area contributed by atoms with Gasteiger partial charge in [0, 0.05) is 0 Å². The van der Waals surface area contributed by atoms with Crippen molar-refractivity contribution >= 4 is 23.4 Å². The molecule has 0 heterocycles. The number of aliphatic hydroxyl groups is 2. The minimum Gasteiger partial charge on any atom is -0.449 e. The Bertz CT molecular complexity index is 690. The summed E-state index contributed by atoms with van der Waals surface area (Å²) in [5.41, 5.74) is 0.422. The molecule has 8 atom stereocenters. The summed E-state index contributed by atoms with van der Waals surface area (Å²) in [6.07, 6.45) is 5.19. The van der Waals surface area contributed by atoms with E-state index in [4.69, 9.17) is 16.3 Å². The second-order valence-corrected chi connectivity index (χ2v) is 9.74. The SMILES string of the molecule is C[C@]12CC(C(=O)OCCl)C(=O)C=C1CC[C@@H]1[C@H]2C(O)C[C@]2(C)C(O)CC[C@@H]12. The molecule has 0 aliphatic heterocycles. The van der Waals surface area contributed by atoms with E-state index in [1.54, 1.807) is 6.08 Å². The lowest BCUT2D eigenvalue weighted by molar-refractivity contribution is -0.159. The molecule has 0 spiro atoms. The third-order valence-corrected chi connectivity index (χ3v) is 8.50. The number of allylic oxidation sites excluding steroid dienone is 1. The summed E-state index contributed by atoms with van der Waals surface area (Å²) in [6, 6.07) is -0.261. The van der Waals surface area contributed by atoms with Gasteiger partial charge >= 0.3 is 5.97 Å². The zero-order valence-electron chi connectivity index (χ0n) is 16.0. The average Bonchev–Trinajstić information content (AvgIpc) is 2.89. The zero-order valence-corrected chi connectivity index (χ0v) is 16.7. The fraction of sp³-hybridized carbons (Fsp3) is 0.810. The van der Waals surface area contributed by atoms with Crippen molar-refractivity contribution in [2.75, 3.05) is 6.07 Å². The molecule has 0 amide bonds. The fourth-order valence-electron chi connectivity index (χ4n) is 7.10. The summed E-state index contributed by atoms with van der Waals surface area (Å²) in [5.74, 6) is -0.935. The molecule has 27 heavy (non-hydrogen) atoms. The number of ketones is 1. The molecule has 2 N–H and O–H groups in total. The smallest absolute Gasteiger partial charge is 0.318 e. The quantitative estimate of drug-likeness (QED) is 0.426. The summed E-state index contributed by atoms with van der Waals surface area (Å²) in [7, 11) is 0. The van der Waals surface area contributed by atoms with Gasteiger partial charge < -0.3 is 14.9 Å². The number of alkyl halides is 1. The molecule has 3 fully saturated rings. The first kappa shape index (κ1) is 19.4. The third kappa shape index (κ3) is 2.72. The van der Waals surface area contributed by atoms with E-state index in [9.17, 15) is 19.8 Å². The first-order valence-corrected chi connectivity index (χ1v) is 10.6. The van der Waals surface area contributed by atoms with E-state index in [2.05, 4.69) is 13.8 Å². The van der Waals surface area contributed by atoms with Gasteiger partial charge in [-0.25, -0.2) is 0 Å². The molecule has 3 saturated carbocycles. The van der Waals surface area contributed by atoms with Crippen molar-refractivity contribution in [1.82, 2.24) is 0 Å². The number of esters is 1. The molecule has 150 valence electrons. The van der Waals surface area contributed by atoms with E-state index in [1.165, 1.54) is 0 Å². The highest BCUT2D eigenvalue weighted by molar-refractivity contribution is 6.18. The van der Waals surface area contributed by atoms with Crippen molar-refractivity contribution in [2.24, 2.45) is 34.5 Å². The van der Waals surface area contributed by atoms with E-state index in [-0.39, 0.29) is 29.3 Å². The van der Waals surface area contributed by atoms with Crippen molar-refractivity contribution in [1.29, 1.82) is 0 Å². The molecule has 0 bridgehead atoms. The van der Waals surface area contributed by atoms with Crippen molar-refractivity contribution in [3.8, 4) is 0 Å². The Kier molecular flexibility index (Phi) is 4.72. The molecule has 4 rings (SSSR count). The number of halogens is 1. The lowest BCUT2D eigenvalue weighted by atomic mass is 9.46. The van der Waals surface area contributed by atoms with Crippen LogP contribution in [0.1, 0.15) is 52.4 Å². The minimum absolute atomic E-state index is 0.000256. The highest BCUT2D eigenvalue weighted by Crippen LogP contribution is 2.65. The Hall–Kier alpha value is -0.910. The maximum Gasteiger partial charge on any atom is 0.318 e. The normalized spacial score (nSPS) is 48.9. The maximum absolute atomic E-state index is 12.5. The van der Waals surface area contributed by atoms with Gasteiger partial charge in [0.05, 0.1) is 12.2 Å². The summed E-state index contributed by atoms with van der Waals surface area (Å²) in [5, 5.41) is 21.7. The number of hydrogen-bond donors (Lipinski definition) is 2. The molecular formula is C21H29ClO5. The minimum atomic E-state index is -0.842. The summed E-state index contributed by atoms with van der Waals surface area (Å²) >= 11 is 5.53. The number of hydrogen-bond acceptors (Lipinski definition) is 5. The fourth-order valence-corrected chi connectivity index (χ4v) is 7.21. The van der Waals surface area contributed by atoms with E-state index in [0.717, 1.165) is 31.3 Å². The Balaban J connectivity index is 1.70. The van der Waals surface area contributed by atoms with Gasteiger partial charge in [-0.15, -0.1) is 0 Å². The number of carbonyl (C=O) groups excluding carboxylic acids is 2. The maximum atomic E-state index is 12.5. The topological polar surface area (TPSA) is 83.8 Å². The van der Waals surface area contributed by atoms with Crippen LogP contribution in [0.2, 0.25) is 0 Å². The zero-order chi connectivity index (χ0) is 19.6. The number of ether oxygens (including phenoxy) is 1. The molecule has 6 heteroatoms. The second-order valence-electron chi connectivity index (χ2n) is 9.52. The van der Waals surface area contributed by atoms with Crippen molar-refractivity contribution < 1.29 is 24.5 Å². The lowest BCUT2D eigenvalue weighted by Gasteiger charge is -2.59. The summed E-state index contributed by atoms with van der Waals surface area (Å²) < 4.78 is 4.92. The van der Waals surface area contributed by atoms with Gasteiger partial charge in [0.1, 0.15) is 5.92 Å². The van der Waals surface area contributed by atoms with Crippen LogP contribution in [-0.2, 0) is 14.3 Å². The van der Waals surface area contributed by atoms with Crippen LogP contribution in [-0.4, -0.2) is 40.2 Å². The van der Waals surface area contributed by atoms with Crippen LogP contribution in [0, 0.1) is 34.5 Å². The van der Waals surface area contributed by atoms with Crippen molar-refractivity contribution in [3.63, 3.8) is 0 Å². The molecule has 0 saturated heterocycles. The third-order valence-electron chi connectivity index (χ3n) is 8.39. The molecule has 0 radical (unpaired) electrons. The number of carbonyl (C=O) groups is 2. The van der Waals surface area contributed by atoms with Gasteiger partial charge in [-0.05, 0) is 73.2 Å². The van der Waals surface area contributed by atoms with Crippen LogP contribution in [0.15, 0.2) is 11.6 Å². The highest BCUT2D eigenvalue weighted by Gasteiger charge is 2.62. The van der Waals surface area contributed by atoms with Crippen LogP contribution in [0.5, 0.6) is 0 Å². The predicted molar refractivity (Wildman–Crippen MR) is 99.8 cm³/mol. The van der Waals surface area contributed by atoms with Gasteiger partial charge in [-0.3, -0.25) is 9.59 Å². The molecule has 5 nitrogen and oxygen atoms in total. The lowest BCUT2D eigenvalue weighted by Crippen LogP contribution is -2.58. The van der Waals surface area contributed by atoms with E-state index < -0.39 is 23.4 Å². The van der Waals surface area contributed by atoms with E-state index in [1.807, 2.05) is 0 Å². The summed E-state index contributed by atoms with van der Waals surface area (Å²) in [4.78, 5) is 24.8. The number of rotatable bonds is 2. The number of aliphatic hydroxyl groups excluding tert-OH is 2. The average molecular weight is 397 g/mol. The predicted octanol–water partition coefficient (Wildman–Crippen LogP) is 2.82. The first-order chi connectivity index (χ1) is 12.7. The number of fused-ring (bicyclic) bond motifs is 5. The van der Waals surface area contributed by atoms with Gasteiger partial charge in [0.2, 0.25) is 0 Å². The molecule has 0 aromatic heterocycles. The van der Waals surface area contributed by atoms with Crippen LogP contribution >= 0.6 is 11.6 Å². The molecule has 0 aromatic carbocycles. The Morgan fingerprint density at radius 3 is 2.70 bits per heavy atom. The van der Waals surface area contributed by atoms with E-state index in [0.29, 0.717) is 24.7 Å². The van der Waals surface area contributed by atoms with Crippen LogP contribution in [0.3, 0.4) is 0 Å². The highest BCUT2D eigenvalue weighted by atomic mass is 35.5. The van der Waals surface area contributed by atoms with Crippen molar-refractivity contribution in [2.45, 2.75) is 64.6 Å². The van der Waals surface area contributed by atoms with Crippen LogP contribution < -0.4 is 0 Å². The Morgan fingerprint density at radius 2 is 2.00 bits per heavy atom. The molecule has 4 aliphatic carbocycles. The molecular weight excluding hydrogens is 368 g/mol. The van der Waals surface area contributed by atoms with Gasteiger partial charge in [-0.1, -0.05) is 31.0 Å². The van der Waals surface area contributed by atoms with Crippen LogP contribution in [0.25, 0.3) is 0 Å². The van der Waals surface area contributed by atoms with Gasteiger partial charge in [0.25, 0.3) is 0 Å². The second kappa shape index (κ2) is 6.57. The Morgan fingerprint density at radius 1 is 1.26 bits per heavy atom. The van der Waals surface area contributed by atoms with Crippen molar-refractivity contribution in [3.05, 3.63) is 11.6 Å². The Labute approximate surface area is 165 Å². The molecule has 0 aromatic rings. The monoisotopic (exact) mass is 396 g/mol. The first-order valence-electron chi connectivity index (χ1n) is 10.1. The van der Waals surface area contributed by atoms with E-state index >= 15 is 0 Å². The van der Waals surface area contributed by atoms with Crippen LogP contribution in [0.4, 0.5) is 0 Å². The largest absolute Gasteiger partial charge is 0.449 e. The standard InChI is InChI=1S/C21H29ClO5/c1-20-8-13(19(26)27-10-22)15(23)7-11(20)3-4-12-14-5-6-17(25)21(14,2)9-16(24)18(12)20/h7,12-14,16-18,24-25H,3-6,8-10H2,1-2H3/t12-,13?,14-,16?,17?,18-,20-,21-/m0/s1. The van der Waals surface area contributed by atoms with Gasteiger partial charge in [0.15, 0.2) is 11.8 Å². The van der Waals surface area contributed by atoms with Gasteiger partial charge in [-0.2, -0.15) is 0 Å². The molecule has 3 unspecified atom stereocenters.